The summed E-state index contributed by atoms with van der Waals surface area (Å²) in [5, 5.41) is 92.3. The van der Waals surface area contributed by atoms with Crippen LogP contribution in [0.4, 0.5) is 0 Å². The Morgan fingerprint density at radius 3 is 2.12 bits per heavy atom. The summed E-state index contributed by atoms with van der Waals surface area (Å²) in [5.41, 5.74) is 0.208. The number of benzene rings is 2. The number of carbonyl (C=O) groups excluding carboxylic acids is 1. The molecular weight excluding hydrogens is 576 g/mol. The van der Waals surface area contributed by atoms with Gasteiger partial charge in [0.25, 0.3) is 0 Å². The van der Waals surface area contributed by atoms with Crippen LogP contribution in [0, 0.1) is 0 Å². The molecule has 0 amide bonds. The zero-order valence-electron chi connectivity index (χ0n) is 23.3. The lowest BCUT2D eigenvalue weighted by molar-refractivity contribution is -0.354. The highest BCUT2D eigenvalue weighted by Gasteiger charge is 2.51. The highest BCUT2D eigenvalue weighted by atomic mass is 16.8. The van der Waals surface area contributed by atoms with Gasteiger partial charge in [0.15, 0.2) is 29.7 Å². The number of aromatic hydroxyl groups is 3. The van der Waals surface area contributed by atoms with Crippen molar-refractivity contribution in [3.05, 3.63) is 41.5 Å². The Labute approximate surface area is 245 Å². The minimum absolute atomic E-state index is 0.110. The predicted octanol–water partition coefficient (Wildman–Crippen LogP) is -1.34. The number of carbonyl (C=O) groups is 1. The van der Waals surface area contributed by atoms with Crippen molar-refractivity contribution in [2.24, 2.45) is 0 Å². The number of aliphatic hydroxyl groups excluding tert-OH is 6. The Bertz CT molecular complexity index is 1250. The Hall–Kier alpha value is -3.25. The van der Waals surface area contributed by atoms with E-state index in [1.165, 1.54) is 26.2 Å². The number of methoxy groups -OCH3 is 1. The van der Waals surface area contributed by atoms with Gasteiger partial charge in [0, 0.05) is 18.6 Å². The first-order valence-electron chi connectivity index (χ1n) is 13.5. The van der Waals surface area contributed by atoms with E-state index < -0.39 is 90.9 Å². The topological polar surface area (TPSA) is 245 Å². The van der Waals surface area contributed by atoms with Crippen LogP contribution in [0.3, 0.4) is 0 Å². The van der Waals surface area contributed by atoms with Crippen LogP contribution in [0.2, 0.25) is 0 Å². The van der Waals surface area contributed by atoms with Crippen molar-refractivity contribution in [1.29, 1.82) is 0 Å². The molecule has 0 aliphatic carbocycles. The van der Waals surface area contributed by atoms with E-state index in [1.807, 2.05) is 0 Å². The van der Waals surface area contributed by atoms with Crippen LogP contribution in [0.1, 0.15) is 29.3 Å². The number of phenols is 3. The Balaban J connectivity index is 1.51. The average Bonchev–Trinajstić information content (AvgIpc) is 2.96. The van der Waals surface area contributed by atoms with E-state index in [1.54, 1.807) is 6.07 Å². The number of phenolic OH excluding ortho intramolecular Hbond substituents is 3. The maximum Gasteiger partial charge on any atom is 0.229 e. The summed E-state index contributed by atoms with van der Waals surface area (Å²) in [6, 6.07) is 6.59. The molecule has 9 N–H and O–H groups in total. The lowest BCUT2D eigenvalue weighted by Crippen LogP contribution is -2.64. The van der Waals surface area contributed by atoms with Crippen LogP contribution < -0.4 is 9.47 Å². The fourth-order valence-corrected chi connectivity index (χ4v) is 4.93. The molecule has 0 aromatic heterocycles. The van der Waals surface area contributed by atoms with Gasteiger partial charge in [-0.2, -0.15) is 0 Å². The van der Waals surface area contributed by atoms with Gasteiger partial charge < -0.3 is 69.6 Å². The molecule has 238 valence electrons. The fourth-order valence-electron chi connectivity index (χ4n) is 4.93. The predicted molar refractivity (Wildman–Crippen MR) is 143 cm³/mol. The third-order valence-corrected chi connectivity index (χ3v) is 7.41. The molecular formula is C28H36O15. The van der Waals surface area contributed by atoms with Crippen LogP contribution in [-0.2, 0) is 20.6 Å². The lowest BCUT2D eigenvalue weighted by atomic mass is 9.97. The second-order valence-corrected chi connectivity index (χ2v) is 10.4. The first kappa shape index (κ1) is 32.7. The van der Waals surface area contributed by atoms with Crippen LogP contribution in [0.15, 0.2) is 30.3 Å². The number of aryl methyl sites for hydroxylation is 1. The summed E-state index contributed by atoms with van der Waals surface area (Å²) in [7, 11) is 1.40. The monoisotopic (exact) mass is 612 g/mol. The van der Waals surface area contributed by atoms with Gasteiger partial charge in [-0.1, -0.05) is 6.07 Å². The molecule has 0 radical (unpaired) electrons. The second-order valence-electron chi connectivity index (χ2n) is 10.4. The highest BCUT2D eigenvalue weighted by Crippen LogP contribution is 2.37. The van der Waals surface area contributed by atoms with Crippen molar-refractivity contribution in [3.8, 4) is 28.7 Å². The summed E-state index contributed by atoms with van der Waals surface area (Å²) in [6.07, 6.45) is -15.5. The lowest BCUT2D eigenvalue weighted by Gasteiger charge is -2.45. The Morgan fingerprint density at radius 1 is 0.837 bits per heavy atom. The molecule has 0 saturated carbocycles. The highest BCUT2D eigenvalue weighted by molar-refractivity contribution is 6.01. The van der Waals surface area contributed by atoms with E-state index in [2.05, 4.69) is 0 Å². The molecule has 2 saturated heterocycles. The van der Waals surface area contributed by atoms with Gasteiger partial charge in [-0.05, 0) is 31.0 Å². The summed E-state index contributed by atoms with van der Waals surface area (Å²) in [4.78, 5) is 12.9. The zero-order chi connectivity index (χ0) is 31.6. The van der Waals surface area contributed by atoms with Gasteiger partial charge in [0.05, 0.1) is 19.8 Å². The van der Waals surface area contributed by atoms with Crippen molar-refractivity contribution >= 4 is 5.78 Å². The largest absolute Gasteiger partial charge is 0.507 e. The quantitative estimate of drug-likeness (QED) is 0.141. The normalized spacial score (nSPS) is 32.7. The third kappa shape index (κ3) is 6.95. The summed E-state index contributed by atoms with van der Waals surface area (Å²) < 4.78 is 27.2. The molecule has 2 aliphatic rings. The minimum Gasteiger partial charge on any atom is -0.507 e. The number of ketones is 1. The second kappa shape index (κ2) is 13.6. The first-order chi connectivity index (χ1) is 20.4. The number of ether oxygens (including phenoxy) is 5. The van der Waals surface area contributed by atoms with Crippen molar-refractivity contribution in [3.63, 3.8) is 0 Å². The number of rotatable bonds is 10. The number of hydrogen-bond donors (Lipinski definition) is 9. The molecule has 0 unspecified atom stereocenters. The third-order valence-electron chi connectivity index (χ3n) is 7.41. The van der Waals surface area contributed by atoms with Crippen molar-refractivity contribution < 1.29 is 74.4 Å². The molecule has 15 nitrogen and oxygen atoms in total. The molecule has 4 rings (SSSR count). The fraction of sp³-hybridized carbons (Fsp3) is 0.536. The van der Waals surface area contributed by atoms with Crippen molar-refractivity contribution in [1.82, 2.24) is 0 Å². The van der Waals surface area contributed by atoms with Gasteiger partial charge in [-0.15, -0.1) is 0 Å². The number of Topliss-reactive ketones (excluding diaryl/α,β-unsaturated/α-hetero) is 1. The molecule has 15 heteroatoms. The summed E-state index contributed by atoms with van der Waals surface area (Å²) in [5.74, 6) is -2.04. The van der Waals surface area contributed by atoms with Gasteiger partial charge in [-0.3, -0.25) is 4.79 Å². The smallest absolute Gasteiger partial charge is 0.229 e. The van der Waals surface area contributed by atoms with E-state index >= 15 is 0 Å². The standard InChI is InChI=1S/C28H36O15/c1-11-21(34)23(36)25(38)27(40-11)43-26-24(37)22(35)19(10-29)42-28(26)41-13-8-16(32)20(17(33)9-13)14(30)5-3-12-4-6-18(39-2)15(31)7-12/h4,6-9,11,19,21-29,31-38H,3,5,10H2,1-2H3/t11-,19+,21-,22+,23+,24-,25-,26-,27-,28+/m0/s1. The number of hydrogen-bond acceptors (Lipinski definition) is 15. The Morgan fingerprint density at radius 2 is 1.51 bits per heavy atom. The molecule has 0 bridgehead atoms. The molecule has 2 aromatic carbocycles. The van der Waals surface area contributed by atoms with Crippen molar-refractivity contribution in [2.45, 2.75) is 81.2 Å². The molecule has 2 heterocycles. The van der Waals surface area contributed by atoms with Crippen LogP contribution >= 0.6 is 0 Å². The molecule has 10 atom stereocenters. The summed E-state index contributed by atoms with van der Waals surface area (Å²) in [6.45, 7) is 0.662. The molecule has 0 spiro atoms. The van der Waals surface area contributed by atoms with E-state index in [4.69, 9.17) is 23.7 Å². The van der Waals surface area contributed by atoms with Gasteiger partial charge >= 0.3 is 0 Å². The van der Waals surface area contributed by atoms with Gasteiger partial charge in [0.1, 0.15) is 59.4 Å². The summed E-state index contributed by atoms with van der Waals surface area (Å²) >= 11 is 0. The maximum absolute atomic E-state index is 12.9. The van der Waals surface area contributed by atoms with Crippen LogP contribution in [0.5, 0.6) is 28.7 Å². The minimum atomic E-state index is -1.79. The first-order valence-corrected chi connectivity index (χ1v) is 13.5. The number of aliphatic hydroxyl groups is 6. The van der Waals surface area contributed by atoms with E-state index in [0.717, 1.165) is 12.1 Å². The van der Waals surface area contributed by atoms with Crippen LogP contribution in [0.25, 0.3) is 0 Å². The zero-order valence-corrected chi connectivity index (χ0v) is 23.3. The van der Waals surface area contributed by atoms with E-state index in [9.17, 15) is 50.8 Å². The van der Waals surface area contributed by atoms with Gasteiger partial charge in [-0.25, -0.2) is 0 Å². The molecule has 2 aromatic rings. The van der Waals surface area contributed by atoms with Gasteiger partial charge in [0.2, 0.25) is 6.29 Å². The molecule has 2 aliphatic heterocycles. The maximum atomic E-state index is 12.9. The van der Waals surface area contributed by atoms with Crippen LogP contribution in [-0.4, -0.2) is 127 Å². The van der Waals surface area contributed by atoms with E-state index in [-0.39, 0.29) is 30.1 Å². The molecule has 43 heavy (non-hydrogen) atoms. The van der Waals surface area contributed by atoms with Crippen molar-refractivity contribution in [2.75, 3.05) is 13.7 Å². The SMILES string of the molecule is COc1ccc(CCC(=O)c2c(O)cc(O[C@@H]3O[C@H](CO)[C@@H](O)[C@H](O)[C@@H]3O[C@@H]3O[C@@H](C)[C@H](O)[C@@H](O)[C@@H]3O)cc2O)cc1O. The molecule has 2 fully saturated rings. The average molecular weight is 613 g/mol. The Kier molecular flexibility index (Phi) is 10.3. The van der Waals surface area contributed by atoms with E-state index in [0.29, 0.717) is 5.56 Å².